The van der Waals surface area contributed by atoms with Gasteiger partial charge in [0.05, 0.1) is 6.54 Å². The van der Waals surface area contributed by atoms with E-state index in [0.29, 0.717) is 47.8 Å². The lowest BCUT2D eigenvalue weighted by atomic mass is 9.58. The second kappa shape index (κ2) is 8.62. The minimum absolute atomic E-state index is 0.0914. The molecule has 0 spiro atoms. The zero-order chi connectivity index (χ0) is 25.0. The predicted octanol–water partition coefficient (Wildman–Crippen LogP) is 4.65. The van der Waals surface area contributed by atoms with Crippen molar-refractivity contribution in [2.45, 2.75) is 31.1 Å². The molecule has 3 N–H and O–H groups in total. The average molecular weight is 493 g/mol. The molecule has 1 saturated heterocycles. The van der Waals surface area contributed by atoms with Gasteiger partial charge < -0.3 is 11.1 Å². The van der Waals surface area contributed by atoms with E-state index in [9.17, 15) is 18.0 Å². The van der Waals surface area contributed by atoms with E-state index in [1.54, 1.807) is 12.1 Å². The highest BCUT2D eigenvalue weighted by Crippen LogP contribution is 2.53. The minimum atomic E-state index is -2.33. The smallest absolute Gasteiger partial charge is 0.251 e. The van der Waals surface area contributed by atoms with E-state index in [0.717, 1.165) is 36.0 Å². The Morgan fingerprint density at radius 3 is 2.58 bits per heavy atom. The van der Waals surface area contributed by atoms with Crippen LogP contribution in [-0.4, -0.2) is 48.4 Å². The van der Waals surface area contributed by atoms with Crippen LogP contribution in [0.4, 0.5) is 19.0 Å². The van der Waals surface area contributed by atoms with Gasteiger partial charge in [-0.05, 0) is 59.6 Å². The molecule has 3 heterocycles. The van der Waals surface area contributed by atoms with Gasteiger partial charge in [0.15, 0.2) is 0 Å². The lowest BCUT2D eigenvalue weighted by Crippen LogP contribution is -2.43. The van der Waals surface area contributed by atoms with Crippen molar-refractivity contribution in [2.75, 3.05) is 31.9 Å². The van der Waals surface area contributed by atoms with E-state index >= 15 is 0 Å². The van der Waals surface area contributed by atoms with Crippen molar-refractivity contribution < 1.29 is 18.0 Å². The van der Waals surface area contributed by atoms with Gasteiger partial charge in [0.2, 0.25) is 5.95 Å². The number of hydrogen-bond donors (Lipinski definition) is 2. The maximum absolute atomic E-state index is 15.0. The van der Waals surface area contributed by atoms with Crippen LogP contribution >= 0.6 is 0 Å². The first kappa shape index (κ1) is 23.0. The summed E-state index contributed by atoms with van der Waals surface area (Å²) in [5.41, 5.74) is 11.1. The number of rotatable bonds is 5. The predicted molar refractivity (Wildman–Crippen MR) is 132 cm³/mol. The Balaban J connectivity index is 1.31. The normalized spacial score (nSPS) is 23.2. The molecule has 2 fully saturated rings. The first-order valence-corrected chi connectivity index (χ1v) is 12.3. The number of alkyl halides is 2. The summed E-state index contributed by atoms with van der Waals surface area (Å²) >= 11 is 0. The SMILES string of the molecule is Nc1nc(F)c(-c2ccc([C@@]34CC[C@@H]3CN(CC(F)F)C4)cc2)cc1-c1ccc2c(c1)CCNC2=O. The minimum Gasteiger partial charge on any atom is -0.383 e. The number of likely N-dealkylation sites (tertiary alicyclic amines) is 1. The van der Waals surface area contributed by atoms with Crippen LogP contribution in [-0.2, 0) is 11.8 Å². The van der Waals surface area contributed by atoms with Gasteiger partial charge in [-0.2, -0.15) is 4.39 Å². The fraction of sp³-hybridized carbons (Fsp3) is 0.357. The molecule has 5 nitrogen and oxygen atoms in total. The van der Waals surface area contributed by atoms with Crippen molar-refractivity contribution in [2.24, 2.45) is 5.92 Å². The molecule has 3 aromatic rings. The Bertz CT molecular complexity index is 1340. The number of nitrogen functional groups attached to an aromatic ring is 1. The van der Waals surface area contributed by atoms with Gasteiger partial charge >= 0.3 is 0 Å². The van der Waals surface area contributed by atoms with Crippen LogP contribution in [0.2, 0.25) is 0 Å². The molecule has 1 aliphatic carbocycles. The molecule has 2 aromatic carbocycles. The van der Waals surface area contributed by atoms with Crippen LogP contribution in [0.3, 0.4) is 0 Å². The Morgan fingerprint density at radius 1 is 1.08 bits per heavy atom. The molecule has 36 heavy (non-hydrogen) atoms. The third-order valence-electron chi connectivity index (χ3n) is 8.22. The molecule has 1 saturated carbocycles. The summed E-state index contributed by atoms with van der Waals surface area (Å²) in [5, 5.41) is 2.83. The number of nitrogens with zero attached hydrogens (tertiary/aromatic N) is 2. The van der Waals surface area contributed by atoms with Crippen LogP contribution in [0.15, 0.2) is 48.5 Å². The molecule has 0 bridgehead atoms. The molecule has 2 aliphatic heterocycles. The number of benzene rings is 2. The van der Waals surface area contributed by atoms with Gasteiger partial charge in [-0.3, -0.25) is 9.69 Å². The van der Waals surface area contributed by atoms with Crippen molar-refractivity contribution in [3.63, 3.8) is 0 Å². The molecular formula is C28H27F3N4O. The molecule has 1 amide bonds. The van der Waals surface area contributed by atoms with Crippen molar-refractivity contribution in [3.8, 4) is 22.3 Å². The van der Waals surface area contributed by atoms with Crippen LogP contribution in [0.5, 0.6) is 0 Å². The fourth-order valence-electron chi connectivity index (χ4n) is 6.27. The number of carbonyl (C=O) groups is 1. The Kier molecular flexibility index (Phi) is 5.52. The standard InChI is InChI=1S/C28H27F3N4O/c29-24(30)14-35-13-20-7-9-28(20,15-35)19-4-1-16(2-5-19)22-12-23(26(32)34-25(22)31)17-3-6-21-18(11-17)8-10-33-27(21)36/h1-6,11-12,20,24H,7-10,13-15H2,(H2,32,34)(H,33,36)/t20-,28+/m1/s1. The summed E-state index contributed by atoms with van der Waals surface area (Å²) in [6, 6.07) is 15.0. The first-order chi connectivity index (χ1) is 17.3. The highest BCUT2D eigenvalue weighted by Gasteiger charge is 2.53. The molecule has 3 aliphatic rings. The molecule has 6 rings (SSSR count). The highest BCUT2D eigenvalue weighted by atomic mass is 19.3. The monoisotopic (exact) mass is 492 g/mol. The van der Waals surface area contributed by atoms with Crippen LogP contribution in [0.25, 0.3) is 22.3 Å². The van der Waals surface area contributed by atoms with Crippen molar-refractivity contribution in [3.05, 3.63) is 71.2 Å². The quantitative estimate of drug-likeness (QED) is 0.509. The molecule has 0 unspecified atom stereocenters. The summed E-state index contributed by atoms with van der Waals surface area (Å²) in [7, 11) is 0. The van der Waals surface area contributed by atoms with Gasteiger partial charge in [-0.25, -0.2) is 13.8 Å². The number of anilines is 1. The van der Waals surface area contributed by atoms with E-state index < -0.39 is 12.4 Å². The lowest BCUT2D eigenvalue weighted by Gasteiger charge is -2.45. The summed E-state index contributed by atoms with van der Waals surface area (Å²) < 4.78 is 40.8. The first-order valence-electron chi connectivity index (χ1n) is 12.3. The number of pyridine rings is 1. The molecule has 0 radical (unpaired) electrons. The summed E-state index contributed by atoms with van der Waals surface area (Å²) in [4.78, 5) is 17.9. The Morgan fingerprint density at radius 2 is 1.86 bits per heavy atom. The van der Waals surface area contributed by atoms with Gasteiger partial charge in [0.1, 0.15) is 5.82 Å². The van der Waals surface area contributed by atoms with E-state index in [2.05, 4.69) is 10.3 Å². The topological polar surface area (TPSA) is 71.2 Å². The summed E-state index contributed by atoms with van der Waals surface area (Å²) in [6.07, 6.45) is 0.415. The third kappa shape index (κ3) is 3.75. The Hall–Kier alpha value is -3.39. The maximum Gasteiger partial charge on any atom is 0.251 e. The summed E-state index contributed by atoms with van der Waals surface area (Å²) in [5.74, 6) is -0.268. The number of nitrogens with one attached hydrogen (secondary N) is 1. The number of aromatic nitrogens is 1. The molecular weight excluding hydrogens is 465 g/mol. The third-order valence-corrected chi connectivity index (χ3v) is 8.22. The summed E-state index contributed by atoms with van der Waals surface area (Å²) in [6.45, 7) is 1.73. The zero-order valence-electron chi connectivity index (χ0n) is 19.7. The number of halogens is 3. The number of fused-ring (bicyclic) bond motifs is 2. The lowest BCUT2D eigenvalue weighted by molar-refractivity contribution is 0.0944. The highest BCUT2D eigenvalue weighted by molar-refractivity contribution is 5.97. The van der Waals surface area contributed by atoms with Gasteiger partial charge in [-0.15, -0.1) is 0 Å². The molecule has 186 valence electrons. The van der Waals surface area contributed by atoms with Crippen LogP contribution < -0.4 is 11.1 Å². The van der Waals surface area contributed by atoms with Gasteiger partial charge in [0, 0.05) is 41.7 Å². The fourth-order valence-corrected chi connectivity index (χ4v) is 6.27. The van der Waals surface area contributed by atoms with Crippen LogP contribution in [0.1, 0.15) is 34.3 Å². The second-order valence-electron chi connectivity index (χ2n) is 10.2. The molecule has 1 aromatic heterocycles. The number of amides is 1. The zero-order valence-corrected chi connectivity index (χ0v) is 19.7. The van der Waals surface area contributed by atoms with E-state index in [-0.39, 0.29) is 23.7 Å². The average Bonchev–Trinajstić information content (AvgIpc) is 3.09. The second-order valence-corrected chi connectivity index (χ2v) is 10.2. The Labute approximate surface area is 207 Å². The molecule has 8 heteroatoms. The van der Waals surface area contributed by atoms with Crippen molar-refractivity contribution in [1.82, 2.24) is 15.2 Å². The van der Waals surface area contributed by atoms with E-state index in [1.807, 2.05) is 41.3 Å². The number of hydrogen-bond acceptors (Lipinski definition) is 4. The van der Waals surface area contributed by atoms with Crippen molar-refractivity contribution in [1.29, 1.82) is 0 Å². The maximum atomic E-state index is 15.0. The van der Waals surface area contributed by atoms with Gasteiger partial charge in [-0.1, -0.05) is 36.4 Å². The number of carbonyl (C=O) groups excluding carboxylic acids is 1. The van der Waals surface area contributed by atoms with Gasteiger partial charge in [0.25, 0.3) is 12.3 Å². The van der Waals surface area contributed by atoms with Crippen LogP contribution in [0, 0.1) is 11.9 Å². The number of nitrogens with two attached hydrogens (primary N) is 1. The largest absolute Gasteiger partial charge is 0.383 e. The molecule has 2 atom stereocenters. The van der Waals surface area contributed by atoms with E-state index in [4.69, 9.17) is 5.73 Å². The van der Waals surface area contributed by atoms with Crippen molar-refractivity contribution >= 4 is 11.7 Å². The van der Waals surface area contributed by atoms with E-state index in [1.165, 1.54) is 0 Å².